The lowest BCUT2D eigenvalue weighted by molar-refractivity contribution is -0.132. The first-order valence-electron chi connectivity index (χ1n) is 13.6. The van der Waals surface area contributed by atoms with Crippen LogP contribution < -0.4 is 30.2 Å². The van der Waals surface area contributed by atoms with E-state index in [0.717, 1.165) is 11.1 Å². The summed E-state index contributed by atoms with van der Waals surface area (Å²) in [6, 6.07) is 17.4. The molecule has 0 aromatic heterocycles. The number of carbonyl (C=O) groups is 3. The number of benzene rings is 3. The lowest BCUT2D eigenvalue weighted by Crippen LogP contribution is -2.56. The van der Waals surface area contributed by atoms with Crippen molar-refractivity contribution in [2.45, 2.75) is 45.3 Å². The lowest BCUT2D eigenvalue weighted by atomic mass is 10.00. The molecule has 3 rings (SSSR count). The third-order valence-electron chi connectivity index (χ3n) is 6.74. The van der Waals surface area contributed by atoms with Gasteiger partial charge in [-0.2, -0.15) is 0 Å². The van der Waals surface area contributed by atoms with Crippen LogP contribution in [0.4, 0.5) is 0 Å². The molecule has 4 N–H and O–H groups in total. The van der Waals surface area contributed by atoms with Crippen molar-refractivity contribution in [1.29, 1.82) is 0 Å². The number of phenolic OH excluding ortho intramolecular Hbond substituents is 1. The van der Waals surface area contributed by atoms with Crippen LogP contribution in [0.3, 0.4) is 0 Å². The monoisotopic (exact) mass is 577 g/mol. The van der Waals surface area contributed by atoms with Crippen molar-refractivity contribution in [2.75, 3.05) is 21.3 Å². The molecule has 0 aliphatic rings. The van der Waals surface area contributed by atoms with Gasteiger partial charge in [0.15, 0.2) is 11.5 Å². The number of phenols is 1. The molecule has 224 valence electrons. The van der Waals surface area contributed by atoms with Crippen molar-refractivity contribution < 1.29 is 33.7 Å². The van der Waals surface area contributed by atoms with Crippen LogP contribution >= 0.6 is 0 Å². The normalized spacial score (nSPS) is 12.1. The SMILES string of the molecule is COc1ccc(CNC(=O)[C@@H](NC(=O)[C@H](Cc2ccc(OC)c(OC)c2)NC(=O)Cc2ccccc2)C(C)C)c(O)c1. The van der Waals surface area contributed by atoms with Crippen molar-refractivity contribution in [3.8, 4) is 23.0 Å². The zero-order valence-electron chi connectivity index (χ0n) is 24.6. The summed E-state index contributed by atoms with van der Waals surface area (Å²) in [5.41, 5.74) is 2.03. The van der Waals surface area contributed by atoms with E-state index < -0.39 is 23.9 Å². The van der Waals surface area contributed by atoms with Crippen LogP contribution in [0.2, 0.25) is 0 Å². The molecule has 0 unspecified atom stereocenters. The Morgan fingerprint density at radius 1 is 0.786 bits per heavy atom. The van der Waals surface area contributed by atoms with Gasteiger partial charge >= 0.3 is 0 Å². The number of methoxy groups -OCH3 is 3. The highest BCUT2D eigenvalue weighted by molar-refractivity contribution is 5.92. The minimum Gasteiger partial charge on any atom is -0.507 e. The minimum atomic E-state index is -0.973. The van der Waals surface area contributed by atoms with E-state index in [2.05, 4.69) is 16.0 Å². The molecule has 0 heterocycles. The molecule has 42 heavy (non-hydrogen) atoms. The van der Waals surface area contributed by atoms with E-state index in [1.165, 1.54) is 27.4 Å². The Morgan fingerprint density at radius 2 is 1.50 bits per heavy atom. The van der Waals surface area contributed by atoms with Crippen LogP contribution in [0.25, 0.3) is 0 Å². The van der Waals surface area contributed by atoms with Crippen LogP contribution in [0.5, 0.6) is 23.0 Å². The van der Waals surface area contributed by atoms with Crippen LogP contribution in [-0.2, 0) is 33.8 Å². The van der Waals surface area contributed by atoms with Crippen LogP contribution in [0.15, 0.2) is 66.7 Å². The molecule has 0 saturated carbocycles. The van der Waals surface area contributed by atoms with Crippen molar-refractivity contribution in [1.82, 2.24) is 16.0 Å². The Labute approximate surface area is 246 Å². The molecule has 0 aliphatic carbocycles. The van der Waals surface area contributed by atoms with Gasteiger partial charge in [0, 0.05) is 24.6 Å². The lowest BCUT2D eigenvalue weighted by Gasteiger charge is -2.26. The fourth-order valence-corrected chi connectivity index (χ4v) is 4.38. The number of amides is 3. The Hall–Kier alpha value is -4.73. The fourth-order valence-electron chi connectivity index (χ4n) is 4.38. The smallest absolute Gasteiger partial charge is 0.243 e. The van der Waals surface area contributed by atoms with Crippen molar-refractivity contribution in [2.24, 2.45) is 5.92 Å². The highest BCUT2D eigenvalue weighted by atomic mass is 16.5. The topological polar surface area (TPSA) is 135 Å². The number of ether oxygens (including phenoxy) is 3. The van der Waals surface area contributed by atoms with Crippen molar-refractivity contribution >= 4 is 17.7 Å². The Bertz CT molecular complexity index is 1360. The number of hydrogen-bond acceptors (Lipinski definition) is 7. The number of rotatable bonds is 14. The van der Waals surface area contributed by atoms with Crippen LogP contribution in [0.1, 0.15) is 30.5 Å². The summed E-state index contributed by atoms with van der Waals surface area (Å²) in [4.78, 5) is 39.8. The summed E-state index contributed by atoms with van der Waals surface area (Å²) in [6.45, 7) is 3.68. The molecular formula is C32H39N3O7. The number of aromatic hydroxyl groups is 1. The second-order valence-electron chi connectivity index (χ2n) is 10.1. The van der Waals surface area contributed by atoms with Gasteiger partial charge in [-0.25, -0.2) is 0 Å². The number of hydrogen-bond donors (Lipinski definition) is 4. The highest BCUT2D eigenvalue weighted by Crippen LogP contribution is 2.28. The second-order valence-corrected chi connectivity index (χ2v) is 10.1. The molecule has 0 spiro atoms. The predicted molar refractivity (Wildman–Crippen MR) is 159 cm³/mol. The zero-order valence-corrected chi connectivity index (χ0v) is 24.6. The van der Waals surface area contributed by atoms with Crippen molar-refractivity contribution in [3.05, 3.63) is 83.4 Å². The molecule has 3 aromatic rings. The van der Waals surface area contributed by atoms with E-state index in [4.69, 9.17) is 14.2 Å². The number of carbonyl (C=O) groups excluding carboxylic acids is 3. The molecular weight excluding hydrogens is 538 g/mol. The van der Waals surface area contributed by atoms with Gasteiger partial charge in [0.1, 0.15) is 23.6 Å². The van der Waals surface area contributed by atoms with E-state index in [1.54, 1.807) is 30.3 Å². The van der Waals surface area contributed by atoms with Crippen LogP contribution in [-0.4, -0.2) is 56.2 Å². The van der Waals surface area contributed by atoms with Crippen molar-refractivity contribution in [3.63, 3.8) is 0 Å². The first-order valence-corrected chi connectivity index (χ1v) is 13.6. The maximum absolute atomic E-state index is 13.6. The summed E-state index contributed by atoms with van der Waals surface area (Å²) >= 11 is 0. The summed E-state index contributed by atoms with van der Waals surface area (Å²) in [5, 5.41) is 18.7. The van der Waals surface area contributed by atoms with Gasteiger partial charge in [-0.05, 0) is 41.3 Å². The van der Waals surface area contributed by atoms with Gasteiger partial charge in [-0.1, -0.05) is 50.2 Å². The molecule has 0 fully saturated rings. The maximum Gasteiger partial charge on any atom is 0.243 e. The third-order valence-corrected chi connectivity index (χ3v) is 6.74. The van der Waals surface area contributed by atoms with Gasteiger partial charge in [0.05, 0.1) is 27.8 Å². The Kier molecular flexibility index (Phi) is 11.6. The molecule has 2 atom stereocenters. The minimum absolute atomic E-state index is 0.0177. The fraction of sp³-hybridized carbons (Fsp3) is 0.344. The van der Waals surface area contributed by atoms with E-state index >= 15 is 0 Å². The quantitative estimate of drug-likeness (QED) is 0.231. The Balaban J connectivity index is 1.77. The van der Waals surface area contributed by atoms with Crippen LogP contribution in [0, 0.1) is 5.92 Å². The first-order chi connectivity index (χ1) is 20.1. The molecule has 0 aliphatic heterocycles. The van der Waals surface area contributed by atoms with Gasteiger partial charge in [0.2, 0.25) is 17.7 Å². The summed E-state index contributed by atoms with van der Waals surface area (Å²) in [5.74, 6) is -0.0228. The molecule has 10 nitrogen and oxygen atoms in total. The second kappa shape index (κ2) is 15.3. The molecule has 0 radical (unpaired) electrons. The maximum atomic E-state index is 13.6. The van der Waals surface area contributed by atoms with E-state index in [-0.39, 0.29) is 37.0 Å². The standard InChI is InChI=1S/C32H39N3O7/c1-20(2)30(32(39)33-19-23-12-13-24(40-3)18-26(23)36)35-31(38)25(34-29(37)17-21-9-7-6-8-10-21)15-22-11-14-27(41-4)28(16-22)42-5/h6-14,16,18,20,25,30,36H,15,17,19H2,1-5H3,(H,33,39)(H,34,37)(H,35,38)/t25-,30-/m0/s1. The first kappa shape index (κ1) is 31.8. The van der Waals surface area contributed by atoms with Gasteiger partial charge in [-0.3, -0.25) is 14.4 Å². The predicted octanol–water partition coefficient (Wildman–Crippen LogP) is 3.15. The summed E-state index contributed by atoms with van der Waals surface area (Å²) in [7, 11) is 4.55. The van der Waals surface area contributed by atoms with E-state index in [9.17, 15) is 19.5 Å². The third kappa shape index (κ3) is 8.89. The van der Waals surface area contributed by atoms with E-state index in [1.807, 2.05) is 44.2 Å². The average Bonchev–Trinajstić information content (AvgIpc) is 2.98. The Morgan fingerprint density at radius 3 is 2.12 bits per heavy atom. The van der Waals surface area contributed by atoms with Gasteiger partial charge < -0.3 is 35.3 Å². The molecule has 10 heteroatoms. The molecule has 3 aromatic carbocycles. The number of nitrogens with one attached hydrogen (secondary N) is 3. The molecule has 3 amide bonds. The van der Waals surface area contributed by atoms with Gasteiger partial charge in [0.25, 0.3) is 0 Å². The van der Waals surface area contributed by atoms with Gasteiger partial charge in [-0.15, -0.1) is 0 Å². The zero-order chi connectivity index (χ0) is 30.6. The highest BCUT2D eigenvalue weighted by Gasteiger charge is 2.29. The molecule has 0 bridgehead atoms. The molecule has 0 saturated heterocycles. The summed E-state index contributed by atoms with van der Waals surface area (Å²) < 4.78 is 15.8. The average molecular weight is 578 g/mol. The van der Waals surface area contributed by atoms with E-state index in [0.29, 0.717) is 22.8 Å². The summed E-state index contributed by atoms with van der Waals surface area (Å²) in [6.07, 6.45) is 0.245. The largest absolute Gasteiger partial charge is 0.507 e.